The van der Waals surface area contributed by atoms with Gasteiger partial charge in [-0.3, -0.25) is 0 Å². The minimum Gasteiger partial charge on any atom is -0.222 e. The smallest absolute Gasteiger partial charge is 0.0834 e. The molecule has 0 spiro atoms. The normalized spacial score (nSPS) is 17.8. The molecule has 0 amide bonds. The van der Waals surface area contributed by atoms with Crippen LogP contribution in [0.15, 0.2) is 35.6 Å². The fourth-order valence-corrected chi connectivity index (χ4v) is 3.09. The molecular formula is C9H8NP2. The van der Waals surface area contributed by atoms with Crippen molar-refractivity contribution in [2.45, 2.75) is 6.92 Å². The average molecular weight is 192 g/mol. The first kappa shape index (κ1) is 7.98. The summed E-state index contributed by atoms with van der Waals surface area (Å²) in [7, 11) is 2.49. The summed E-state index contributed by atoms with van der Waals surface area (Å²) in [5.41, 5.74) is 2.42. The van der Waals surface area contributed by atoms with Gasteiger partial charge in [0.1, 0.15) is 0 Å². The second-order valence-corrected chi connectivity index (χ2v) is 4.98. The van der Waals surface area contributed by atoms with Crippen molar-refractivity contribution in [1.29, 1.82) is 0 Å². The van der Waals surface area contributed by atoms with E-state index < -0.39 is 0 Å². The van der Waals surface area contributed by atoms with Crippen LogP contribution in [0, 0.1) is 0 Å². The van der Waals surface area contributed by atoms with Crippen molar-refractivity contribution in [2.75, 3.05) is 0 Å². The predicted octanol–water partition coefficient (Wildman–Crippen LogP) is 3.72. The summed E-state index contributed by atoms with van der Waals surface area (Å²) >= 11 is 0. The van der Waals surface area contributed by atoms with Gasteiger partial charge in [0.25, 0.3) is 0 Å². The van der Waals surface area contributed by atoms with Gasteiger partial charge in [-0.15, -0.1) is 0 Å². The van der Waals surface area contributed by atoms with Crippen LogP contribution in [0.5, 0.6) is 0 Å². The van der Waals surface area contributed by atoms with Crippen LogP contribution in [0.3, 0.4) is 0 Å². The summed E-state index contributed by atoms with van der Waals surface area (Å²) < 4.78 is 0. The minimum atomic E-state index is 1.16. The molecule has 1 radical (unpaired) electrons. The first-order valence-electron chi connectivity index (χ1n) is 3.76. The molecule has 0 aromatic heterocycles. The molecule has 0 unspecified atom stereocenters. The van der Waals surface area contributed by atoms with E-state index in [9.17, 15) is 0 Å². The molecular weight excluding hydrogens is 184 g/mol. The Balaban J connectivity index is 2.40. The Kier molecular flexibility index (Phi) is 2.26. The van der Waals surface area contributed by atoms with Gasteiger partial charge < -0.3 is 0 Å². The summed E-state index contributed by atoms with van der Waals surface area (Å²) in [6.07, 6.45) is 0. The highest BCUT2D eigenvalue weighted by atomic mass is 31.7. The molecule has 1 aliphatic heterocycles. The van der Waals surface area contributed by atoms with Gasteiger partial charge in [-0.1, -0.05) is 30.3 Å². The summed E-state index contributed by atoms with van der Waals surface area (Å²) in [5, 5.41) is 5.80. The van der Waals surface area contributed by atoms with Gasteiger partial charge in [0, 0.05) is 10.9 Å². The first-order chi connectivity index (χ1) is 5.88. The van der Waals surface area contributed by atoms with Crippen molar-refractivity contribution in [3.63, 3.8) is 0 Å². The molecule has 1 nitrogen and oxygen atoms in total. The third kappa shape index (κ3) is 1.43. The lowest BCUT2D eigenvalue weighted by Crippen LogP contribution is -1.89. The zero-order chi connectivity index (χ0) is 8.39. The van der Waals surface area contributed by atoms with Gasteiger partial charge in [0.15, 0.2) is 0 Å². The van der Waals surface area contributed by atoms with E-state index in [2.05, 4.69) is 36.3 Å². The minimum absolute atomic E-state index is 1.16. The number of nitrogens with zero attached hydrogens (tertiary/aromatic N) is 1. The maximum atomic E-state index is 4.43. The average Bonchev–Trinajstić information content (AvgIpc) is 2.53. The number of allylic oxidation sites excluding steroid dienone is 1. The topological polar surface area (TPSA) is 14.1 Å². The van der Waals surface area contributed by atoms with Crippen LogP contribution in [-0.4, -0.2) is 0 Å². The Morgan fingerprint density at radius 3 is 2.50 bits per heavy atom. The maximum absolute atomic E-state index is 4.43. The molecule has 59 valence electrons. The summed E-state index contributed by atoms with van der Waals surface area (Å²) in [6, 6.07) is 10.4. The highest BCUT2D eigenvalue weighted by molar-refractivity contribution is 7.86. The Morgan fingerprint density at radius 1 is 1.17 bits per heavy atom. The fraction of sp³-hybridized carbons (Fsp3) is 0.111. The predicted molar refractivity (Wildman–Crippen MR) is 55.0 cm³/mol. The van der Waals surface area contributed by atoms with Gasteiger partial charge in [0.05, 0.1) is 13.7 Å². The summed E-state index contributed by atoms with van der Waals surface area (Å²) in [5.74, 6) is 0. The molecule has 2 rings (SSSR count). The van der Waals surface area contributed by atoms with Crippen LogP contribution in [-0.2, 0) is 0 Å². The molecule has 1 heterocycles. The van der Waals surface area contributed by atoms with Crippen molar-refractivity contribution >= 4 is 21.6 Å². The SMILES string of the molecule is CC1=C(c2ccccc2)[N]P=P1. The summed E-state index contributed by atoms with van der Waals surface area (Å²) in [6.45, 7) is 2.15. The molecule has 0 saturated heterocycles. The number of hydrogen-bond acceptors (Lipinski definition) is 0. The van der Waals surface area contributed by atoms with E-state index in [4.69, 9.17) is 0 Å². The van der Waals surface area contributed by atoms with Crippen LogP contribution >= 0.6 is 15.9 Å². The lowest BCUT2D eigenvalue weighted by atomic mass is 10.1. The highest BCUT2D eigenvalue weighted by Crippen LogP contribution is 2.38. The molecule has 1 aromatic carbocycles. The zero-order valence-corrected chi connectivity index (χ0v) is 8.52. The second kappa shape index (κ2) is 3.39. The number of hydrogen-bond donors (Lipinski definition) is 0. The van der Waals surface area contributed by atoms with E-state index in [1.807, 2.05) is 6.07 Å². The largest absolute Gasteiger partial charge is 0.222 e. The van der Waals surface area contributed by atoms with Gasteiger partial charge in [-0.25, -0.2) is 5.09 Å². The number of benzene rings is 1. The standard InChI is InChI=1S/C9H8NP2/c1-7-9(10-12-11-7)8-5-3-2-4-6-8/h2-6H,1H3. The van der Waals surface area contributed by atoms with Crippen molar-refractivity contribution in [3.8, 4) is 0 Å². The zero-order valence-electron chi connectivity index (χ0n) is 6.73. The van der Waals surface area contributed by atoms with E-state index >= 15 is 0 Å². The van der Waals surface area contributed by atoms with Crippen molar-refractivity contribution < 1.29 is 0 Å². The third-order valence-corrected chi connectivity index (χ3v) is 4.06. The molecule has 0 bridgehead atoms. The van der Waals surface area contributed by atoms with Crippen molar-refractivity contribution in [1.82, 2.24) is 5.09 Å². The molecule has 0 fully saturated rings. The second-order valence-electron chi connectivity index (χ2n) is 2.59. The molecule has 1 aliphatic rings. The molecule has 3 heteroatoms. The summed E-state index contributed by atoms with van der Waals surface area (Å²) in [4.78, 5) is 0. The van der Waals surface area contributed by atoms with E-state index in [0.29, 0.717) is 0 Å². The van der Waals surface area contributed by atoms with Gasteiger partial charge in [-0.05, 0) is 14.8 Å². The van der Waals surface area contributed by atoms with Gasteiger partial charge in [-0.2, -0.15) is 0 Å². The molecule has 12 heavy (non-hydrogen) atoms. The van der Waals surface area contributed by atoms with Crippen molar-refractivity contribution in [3.05, 3.63) is 41.2 Å². The van der Waals surface area contributed by atoms with E-state index in [0.717, 1.165) is 8.02 Å². The fourth-order valence-electron chi connectivity index (χ4n) is 1.12. The van der Waals surface area contributed by atoms with Crippen LogP contribution < -0.4 is 5.09 Å². The highest BCUT2D eigenvalue weighted by Gasteiger charge is 2.09. The molecule has 0 saturated carbocycles. The van der Waals surface area contributed by atoms with E-state index in [-0.39, 0.29) is 0 Å². The lowest BCUT2D eigenvalue weighted by Gasteiger charge is -2.00. The maximum Gasteiger partial charge on any atom is 0.0834 e. The molecule has 0 N–H and O–H groups in total. The molecule has 1 aromatic rings. The number of rotatable bonds is 1. The Hall–Kier alpha value is -0.640. The molecule has 0 atom stereocenters. The van der Waals surface area contributed by atoms with Crippen molar-refractivity contribution in [2.24, 2.45) is 0 Å². The van der Waals surface area contributed by atoms with Gasteiger partial charge >= 0.3 is 0 Å². The van der Waals surface area contributed by atoms with Crippen LogP contribution in [0.2, 0.25) is 0 Å². The molecule has 0 aliphatic carbocycles. The van der Waals surface area contributed by atoms with Crippen LogP contribution in [0.4, 0.5) is 0 Å². The van der Waals surface area contributed by atoms with E-state index in [1.54, 1.807) is 0 Å². The van der Waals surface area contributed by atoms with E-state index in [1.165, 1.54) is 24.4 Å². The quantitative estimate of drug-likeness (QED) is 0.602. The van der Waals surface area contributed by atoms with Crippen LogP contribution in [0.1, 0.15) is 12.5 Å². The lowest BCUT2D eigenvalue weighted by molar-refractivity contribution is 1.37. The third-order valence-electron chi connectivity index (χ3n) is 1.73. The van der Waals surface area contributed by atoms with Crippen LogP contribution in [0.25, 0.3) is 5.70 Å². The monoisotopic (exact) mass is 192 g/mol. The Bertz CT molecular complexity index is 341. The Labute approximate surface area is 75.4 Å². The Morgan fingerprint density at radius 2 is 1.92 bits per heavy atom. The van der Waals surface area contributed by atoms with Gasteiger partial charge in [0.2, 0.25) is 0 Å². The first-order valence-corrected chi connectivity index (χ1v) is 6.21.